The summed E-state index contributed by atoms with van der Waals surface area (Å²) in [5.74, 6) is 0.597. The minimum absolute atomic E-state index is 0.00231. The van der Waals surface area contributed by atoms with Crippen LogP contribution in [0.1, 0.15) is 93.7 Å². The minimum Gasteiger partial charge on any atom is -0.465 e. The molecule has 3 nitrogen and oxygen atoms in total. The van der Waals surface area contributed by atoms with E-state index in [1.165, 1.54) is 55.2 Å². The van der Waals surface area contributed by atoms with E-state index in [2.05, 4.69) is 25.1 Å². The van der Waals surface area contributed by atoms with Gasteiger partial charge in [-0.2, -0.15) is 0 Å². The first-order valence-electron chi connectivity index (χ1n) is 11.6. The van der Waals surface area contributed by atoms with E-state index in [-0.39, 0.29) is 11.4 Å². The van der Waals surface area contributed by atoms with Crippen molar-refractivity contribution in [2.24, 2.45) is 5.41 Å². The Labute approximate surface area is 170 Å². The number of benzene rings is 1. The molecular formula is C25H36O3. The van der Waals surface area contributed by atoms with Gasteiger partial charge < -0.3 is 9.47 Å². The molecule has 0 radical (unpaired) electrons. The molecule has 3 heteroatoms. The van der Waals surface area contributed by atoms with Crippen molar-refractivity contribution in [1.29, 1.82) is 0 Å². The second kappa shape index (κ2) is 8.98. The number of carbonyl (C=O) groups excluding carboxylic acids is 1. The first-order chi connectivity index (χ1) is 13.7. The predicted octanol–water partition coefficient (Wildman–Crippen LogP) is 5.73. The molecule has 1 aromatic rings. The Hall–Kier alpha value is -1.35. The predicted molar refractivity (Wildman–Crippen MR) is 112 cm³/mol. The number of fused-ring (bicyclic) bond motifs is 1. The number of aryl methyl sites for hydroxylation is 1. The standard InChI is InChI=1S/C25H36O3/c1-2-3-4-5-6-13-27-23-10-9-19-14-20(7-8-21(19)15-23)22-11-12-25(16-22)17-24(26)28-18-25/h7-8,14,22-23H,2-6,9-13,15-18H2,1H3/t22-,23?,25-/m0/s1. The summed E-state index contributed by atoms with van der Waals surface area (Å²) in [6.07, 6.45) is 14.4. The molecule has 3 atom stereocenters. The van der Waals surface area contributed by atoms with Crippen molar-refractivity contribution in [3.63, 3.8) is 0 Å². The van der Waals surface area contributed by atoms with Gasteiger partial charge in [-0.25, -0.2) is 0 Å². The van der Waals surface area contributed by atoms with Crippen molar-refractivity contribution in [3.05, 3.63) is 34.9 Å². The number of ether oxygens (including phenoxy) is 2. The SMILES string of the molecule is CCCCCCCOC1CCc2cc([C@H]3CC[C@]4(COC(=O)C4)C3)ccc2C1. The monoisotopic (exact) mass is 384 g/mol. The Kier molecular flexibility index (Phi) is 6.40. The van der Waals surface area contributed by atoms with E-state index < -0.39 is 0 Å². The fourth-order valence-corrected chi connectivity index (χ4v) is 5.52. The number of unbranched alkanes of at least 4 members (excludes halogenated alkanes) is 4. The van der Waals surface area contributed by atoms with Crippen molar-refractivity contribution < 1.29 is 14.3 Å². The maximum absolute atomic E-state index is 11.6. The Morgan fingerprint density at radius 2 is 2.04 bits per heavy atom. The van der Waals surface area contributed by atoms with Gasteiger partial charge in [0.2, 0.25) is 0 Å². The summed E-state index contributed by atoms with van der Waals surface area (Å²) in [5, 5.41) is 0. The molecule has 0 N–H and O–H groups in total. The molecule has 0 bridgehead atoms. The van der Waals surface area contributed by atoms with Gasteiger partial charge in [-0.15, -0.1) is 0 Å². The Balaban J connectivity index is 1.28. The zero-order chi connectivity index (χ0) is 19.4. The number of esters is 1. The smallest absolute Gasteiger partial charge is 0.306 e. The van der Waals surface area contributed by atoms with E-state index in [1.54, 1.807) is 0 Å². The highest BCUT2D eigenvalue weighted by Gasteiger charge is 2.46. The van der Waals surface area contributed by atoms with Crippen molar-refractivity contribution in [2.45, 2.75) is 96.0 Å². The summed E-state index contributed by atoms with van der Waals surface area (Å²) in [7, 11) is 0. The number of cyclic esters (lactones) is 1. The lowest BCUT2D eigenvalue weighted by Crippen LogP contribution is -2.23. The lowest BCUT2D eigenvalue weighted by molar-refractivity contribution is -0.137. The molecule has 1 unspecified atom stereocenters. The summed E-state index contributed by atoms with van der Waals surface area (Å²) in [6.45, 7) is 3.83. The molecule has 2 fully saturated rings. The number of carbonyl (C=O) groups is 1. The molecule has 3 aliphatic rings. The zero-order valence-electron chi connectivity index (χ0n) is 17.5. The first-order valence-corrected chi connectivity index (χ1v) is 11.6. The lowest BCUT2D eigenvalue weighted by Gasteiger charge is -2.26. The fraction of sp³-hybridized carbons (Fsp3) is 0.720. The van der Waals surface area contributed by atoms with Crippen molar-refractivity contribution in [3.8, 4) is 0 Å². The number of hydrogen-bond acceptors (Lipinski definition) is 3. The van der Waals surface area contributed by atoms with Gasteiger partial charge in [-0.3, -0.25) is 4.79 Å². The highest BCUT2D eigenvalue weighted by molar-refractivity contribution is 5.72. The van der Waals surface area contributed by atoms with Gasteiger partial charge in [0.15, 0.2) is 0 Å². The molecule has 1 saturated heterocycles. The molecule has 1 aliphatic heterocycles. The highest BCUT2D eigenvalue weighted by atomic mass is 16.5. The molecule has 1 heterocycles. The Morgan fingerprint density at radius 3 is 2.86 bits per heavy atom. The van der Waals surface area contributed by atoms with Gasteiger partial charge in [-0.05, 0) is 67.6 Å². The summed E-state index contributed by atoms with van der Waals surface area (Å²) < 4.78 is 11.5. The second-order valence-corrected chi connectivity index (χ2v) is 9.46. The van der Waals surface area contributed by atoms with E-state index >= 15 is 0 Å². The van der Waals surface area contributed by atoms with Crippen LogP contribution in [0.2, 0.25) is 0 Å². The minimum atomic E-state index is 0.00231. The third-order valence-electron chi connectivity index (χ3n) is 7.25. The van der Waals surface area contributed by atoms with Gasteiger partial charge in [0.25, 0.3) is 0 Å². The third-order valence-corrected chi connectivity index (χ3v) is 7.25. The van der Waals surface area contributed by atoms with Crippen LogP contribution in [0.3, 0.4) is 0 Å². The quantitative estimate of drug-likeness (QED) is 0.424. The first kappa shape index (κ1) is 19.9. The summed E-state index contributed by atoms with van der Waals surface area (Å²) in [6, 6.07) is 7.15. The third kappa shape index (κ3) is 4.62. The van der Waals surface area contributed by atoms with Crippen molar-refractivity contribution in [1.82, 2.24) is 0 Å². The van der Waals surface area contributed by atoms with Crippen LogP contribution in [0.25, 0.3) is 0 Å². The van der Waals surface area contributed by atoms with Crippen LogP contribution >= 0.6 is 0 Å². The summed E-state index contributed by atoms with van der Waals surface area (Å²) in [5.41, 5.74) is 4.62. The molecule has 28 heavy (non-hydrogen) atoms. The molecule has 0 aromatic heterocycles. The van der Waals surface area contributed by atoms with Crippen molar-refractivity contribution in [2.75, 3.05) is 13.2 Å². The van der Waals surface area contributed by atoms with E-state index in [4.69, 9.17) is 9.47 Å². The van der Waals surface area contributed by atoms with Crippen LogP contribution in [0, 0.1) is 5.41 Å². The maximum Gasteiger partial charge on any atom is 0.306 e. The van der Waals surface area contributed by atoms with Crippen LogP contribution in [0.5, 0.6) is 0 Å². The van der Waals surface area contributed by atoms with Crippen LogP contribution in [0.15, 0.2) is 18.2 Å². The summed E-state index contributed by atoms with van der Waals surface area (Å²) in [4.78, 5) is 11.6. The average molecular weight is 385 g/mol. The fourth-order valence-electron chi connectivity index (χ4n) is 5.52. The molecule has 0 amide bonds. The van der Waals surface area contributed by atoms with Crippen LogP contribution in [-0.4, -0.2) is 25.3 Å². The second-order valence-electron chi connectivity index (χ2n) is 9.46. The van der Waals surface area contributed by atoms with E-state index in [9.17, 15) is 4.79 Å². The normalized spacial score (nSPS) is 29.2. The van der Waals surface area contributed by atoms with Gasteiger partial charge in [0.05, 0.1) is 19.1 Å². The molecule has 4 rings (SSSR count). The highest BCUT2D eigenvalue weighted by Crippen LogP contribution is 2.51. The van der Waals surface area contributed by atoms with Gasteiger partial charge >= 0.3 is 5.97 Å². The van der Waals surface area contributed by atoms with Crippen molar-refractivity contribution >= 4 is 5.97 Å². The molecule has 1 saturated carbocycles. The zero-order valence-corrected chi connectivity index (χ0v) is 17.5. The van der Waals surface area contributed by atoms with E-state index in [1.807, 2.05) is 0 Å². The van der Waals surface area contributed by atoms with Crippen LogP contribution < -0.4 is 0 Å². The summed E-state index contributed by atoms with van der Waals surface area (Å²) >= 11 is 0. The molecule has 2 aliphatic carbocycles. The molecule has 154 valence electrons. The van der Waals surface area contributed by atoms with Gasteiger partial charge in [0.1, 0.15) is 0 Å². The lowest BCUT2D eigenvalue weighted by atomic mass is 9.82. The van der Waals surface area contributed by atoms with E-state index in [0.29, 0.717) is 25.0 Å². The van der Waals surface area contributed by atoms with Crippen LogP contribution in [-0.2, 0) is 27.1 Å². The largest absolute Gasteiger partial charge is 0.465 e. The van der Waals surface area contributed by atoms with E-state index in [0.717, 1.165) is 38.7 Å². The average Bonchev–Trinajstić information content (AvgIpc) is 3.29. The molecule has 1 spiro atoms. The van der Waals surface area contributed by atoms with Gasteiger partial charge in [-0.1, -0.05) is 50.8 Å². The topological polar surface area (TPSA) is 35.5 Å². The number of rotatable bonds is 8. The Bertz CT molecular complexity index is 682. The molecular weight excluding hydrogens is 348 g/mol. The Morgan fingerprint density at radius 1 is 1.14 bits per heavy atom. The van der Waals surface area contributed by atoms with Crippen LogP contribution in [0.4, 0.5) is 0 Å². The molecule has 1 aromatic carbocycles. The maximum atomic E-state index is 11.6. The number of hydrogen-bond donors (Lipinski definition) is 0. The van der Waals surface area contributed by atoms with Gasteiger partial charge in [0, 0.05) is 12.0 Å².